The van der Waals surface area contributed by atoms with Gasteiger partial charge in [0.1, 0.15) is 0 Å². The highest BCUT2D eigenvalue weighted by molar-refractivity contribution is 9.10. The molecule has 0 aliphatic carbocycles. The monoisotopic (exact) mass is 257 g/mol. The molecule has 1 aromatic carbocycles. The Morgan fingerprint density at radius 3 is 2.71 bits per heavy atom. The van der Waals surface area contributed by atoms with Gasteiger partial charge in [-0.2, -0.15) is 0 Å². The average molecular weight is 258 g/mol. The predicted molar refractivity (Wildman–Crippen MR) is 57.5 cm³/mol. The van der Waals surface area contributed by atoms with Gasteiger partial charge in [0.25, 0.3) is 0 Å². The molecule has 1 heterocycles. The first kappa shape index (κ1) is 9.80. The SMILES string of the molecule is CC(C)(N)c1cc(Br)cc2c1OCO2. The molecule has 4 heteroatoms. The Balaban J connectivity index is 2.60. The molecule has 1 aliphatic rings. The molecular weight excluding hydrogens is 246 g/mol. The Morgan fingerprint density at radius 1 is 1.36 bits per heavy atom. The van der Waals surface area contributed by atoms with Gasteiger partial charge in [-0.15, -0.1) is 0 Å². The van der Waals surface area contributed by atoms with Crippen molar-refractivity contribution in [1.82, 2.24) is 0 Å². The average Bonchev–Trinajstić information content (AvgIpc) is 2.47. The maximum absolute atomic E-state index is 6.04. The van der Waals surface area contributed by atoms with Crippen LogP contribution in [0.5, 0.6) is 11.5 Å². The van der Waals surface area contributed by atoms with Crippen LogP contribution in [-0.2, 0) is 5.54 Å². The van der Waals surface area contributed by atoms with E-state index in [4.69, 9.17) is 15.2 Å². The van der Waals surface area contributed by atoms with Crippen LogP contribution in [0.2, 0.25) is 0 Å². The molecule has 2 N–H and O–H groups in total. The molecule has 0 unspecified atom stereocenters. The summed E-state index contributed by atoms with van der Waals surface area (Å²) in [5.74, 6) is 1.52. The Bertz CT molecular complexity index is 371. The van der Waals surface area contributed by atoms with Gasteiger partial charge in [0, 0.05) is 15.6 Å². The molecule has 3 nitrogen and oxygen atoms in total. The first-order valence-corrected chi connectivity index (χ1v) is 5.16. The summed E-state index contributed by atoms with van der Waals surface area (Å²) in [5.41, 5.74) is 6.57. The molecule has 0 spiro atoms. The lowest BCUT2D eigenvalue weighted by Crippen LogP contribution is -2.29. The van der Waals surface area contributed by atoms with Crippen LogP contribution >= 0.6 is 15.9 Å². The molecule has 0 fully saturated rings. The maximum atomic E-state index is 6.04. The summed E-state index contributed by atoms with van der Waals surface area (Å²) in [7, 11) is 0. The van der Waals surface area contributed by atoms with Crippen molar-refractivity contribution in [3.63, 3.8) is 0 Å². The normalized spacial score (nSPS) is 14.6. The first-order chi connectivity index (χ1) is 6.48. The fourth-order valence-electron chi connectivity index (χ4n) is 1.46. The third kappa shape index (κ3) is 1.60. The topological polar surface area (TPSA) is 44.5 Å². The standard InChI is InChI=1S/C10H12BrNO2/c1-10(2,12)7-3-6(11)4-8-9(7)14-5-13-8/h3-4H,5,12H2,1-2H3. The van der Waals surface area contributed by atoms with E-state index >= 15 is 0 Å². The second-order valence-corrected chi connectivity index (χ2v) is 4.82. The van der Waals surface area contributed by atoms with Crippen molar-refractivity contribution in [2.45, 2.75) is 19.4 Å². The molecule has 0 saturated carbocycles. The highest BCUT2D eigenvalue weighted by Crippen LogP contribution is 2.42. The van der Waals surface area contributed by atoms with Gasteiger partial charge < -0.3 is 15.2 Å². The van der Waals surface area contributed by atoms with Gasteiger partial charge >= 0.3 is 0 Å². The van der Waals surface area contributed by atoms with Crippen molar-refractivity contribution in [2.75, 3.05) is 6.79 Å². The molecular formula is C10H12BrNO2. The van der Waals surface area contributed by atoms with Crippen LogP contribution in [-0.4, -0.2) is 6.79 Å². The lowest BCUT2D eigenvalue weighted by molar-refractivity contribution is 0.172. The summed E-state index contributed by atoms with van der Waals surface area (Å²) >= 11 is 3.42. The van der Waals surface area contributed by atoms with Gasteiger partial charge in [0.2, 0.25) is 6.79 Å². The number of halogens is 1. The van der Waals surface area contributed by atoms with Crippen LogP contribution in [0.15, 0.2) is 16.6 Å². The number of benzene rings is 1. The molecule has 1 aliphatic heterocycles. The molecule has 76 valence electrons. The molecule has 0 bridgehead atoms. The Morgan fingerprint density at radius 2 is 2.07 bits per heavy atom. The minimum Gasteiger partial charge on any atom is -0.454 e. The van der Waals surface area contributed by atoms with Gasteiger partial charge in [0.05, 0.1) is 0 Å². The number of ether oxygens (including phenoxy) is 2. The fraction of sp³-hybridized carbons (Fsp3) is 0.400. The van der Waals surface area contributed by atoms with Gasteiger partial charge in [-0.25, -0.2) is 0 Å². The summed E-state index contributed by atoms with van der Waals surface area (Å²) in [6.45, 7) is 4.16. The van der Waals surface area contributed by atoms with E-state index in [0.29, 0.717) is 0 Å². The van der Waals surface area contributed by atoms with Crippen LogP contribution in [0, 0.1) is 0 Å². The van der Waals surface area contributed by atoms with Crippen molar-refractivity contribution in [2.24, 2.45) is 5.73 Å². The van der Waals surface area contributed by atoms with E-state index in [1.807, 2.05) is 26.0 Å². The molecule has 0 radical (unpaired) electrons. The van der Waals surface area contributed by atoms with E-state index in [-0.39, 0.29) is 6.79 Å². The van der Waals surface area contributed by atoms with Gasteiger partial charge in [-0.1, -0.05) is 15.9 Å². The summed E-state index contributed by atoms with van der Waals surface area (Å²) in [6, 6.07) is 3.85. The van der Waals surface area contributed by atoms with Crippen molar-refractivity contribution >= 4 is 15.9 Å². The lowest BCUT2D eigenvalue weighted by Gasteiger charge is -2.21. The molecule has 0 saturated heterocycles. The van der Waals surface area contributed by atoms with Gasteiger partial charge in [-0.3, -0.25) is 0 Å². The second-order valence-electron chi connectivity index (χ2n) is 3.91. The molecule has 14 heavy (non-hydrogen) atoms. The smallest absolute Gasteiger partial charge is 0.231 e. The van der Waals surface area contributed by atoms with Crippen LogP contribution in [0.3, 0.4) is 0 Å². The van der Waals surface area contributed by atoms with Gasteiger partial charge in [-0.05, 0) is 26.0 Å². The Hall–Kier alpha value is -0.740. The number of hydrogen-bond acceptors (Lipinski definition) is 3. The van der Waals surface area contributed by atoms with E-state index in [1.165, 1.54) is 0 Å². The van der Waals surface area contributed by atoms with Crippen LogP contribution in [0.4, 0.5) is 0 Å². The maximum Gasteiger partial charge on any atom is 0.231 e. The van der Waals surface area contributed by atoms with E-state index < -0.39 is 5.54 Å². The second kappa shape index (κ2) is 3.14. The summed E-state index contributed by atoms with van der Waals surface area (Å²) < 4.78 is 11.6. The number of hydrogen-bond donors (Lipinski definition) is 1. The number of fused-ring (bicyclic) bond motifs is 1. The zero-order chi connectivity index (χ0) is 10.3. The van der Waals surface area contributed by atoms with E-state index in [9.17, 15) is 0 Å². The Kier molecular flexibility index (Phi) is 2.20. The quantitative estimate of drug-likeness (QED) is 0.841. The van der Waals surface area contributed by atoms with Crippen molar-refractivity contribution in [3.8, 4) is 11.5 Å². The number of nitrogens with two attached hydrogens (primary N) is 1. The largest absolute Gasteiger partial charge is 0.454 e. The zero-order valence-electron chi connectivity index (χ0n) is 8.13. The molecule has 2 rings (SSSR count). The molecule has 0 amide bonds. The van der Waals surface area contributed by atoms with E-state index in [0.717, 1.165) is 21.5 Å². The first-order valence-electron chi connectivity index (χ1n) is 4.37. The highest BCUT2D eigenvalue weighted by Gasteiger charge is 2.26. The molecule has 1 aromatic rings. The lowest BCUT2D eigenvalue weighted by atomic mass is 9.94. The minimum absolute atomic E-state index is 0.273. The van der Waals surface area contributed by atoms with Crippen molar-refractivity contribution in [3.05, 3.63) is 22.2 Å². The fourth-order valence-corrected chi connectivity index (χ4v) is 1.89. The summed E-state index contributed by atoms with van der Waals surface area (Å²) in [5, 5.41) is 0. The highest BCUT2D eigenvalue weighted by atomic mass is 79.9. The van der Waals surface area contributed by atoms with Crippen LogP contribution in [0.25, 0.3) is 0 Å². The zero-order valence-corrected chi connectivity index (χ0v) is 9.72. The summed E-state index contributed by atoms with van der Waals surface area (Å²) in [6.07, 6.45) is 0. The van der Waals surface area contributed by atoms with E-state index in [1.54, 1.807) is 0 Å². The third-order valence-corrected chi connectivity index (χ3v) is 2.59. The minimum atomic E-state index is -0.429. The van der Waals surface area contributed by atoms with Crippen LogP contribution < -0.4 is 15.2 Å². The van der Waals surface area contributed by atoms with E-state index in [2.05, 4.69) is 15.9 Å². The van der Waals surface area contributed by atoms with Gasteiger partial charge in [0.15, 0.2) is 11.5 Å². The number of rotatable bonds is 1. The van der Waals surface area contributed by atoms with Crippen molar-refractivity contribution < 1.29 is 9.47 Å². The molecule has 0 aromatic heterocycles. The summed E-state index contributed by atoms with van der Waals surface area (Å²) in [4.78, 5) is 0. The molecule has 0 atom stereocenters. The Labute approximate surface area is 91.3 Å². The third-order valence-electron chi connectivity index (χ3n) is 2.13. The van der Waals surface area contributed by atoms with Crippen LogP contribution in [0.1, 0.15) is 19.4 Å². The van der Waals surface area contributed by atoms with Crippen molar-refractivity contribution in [1.29, 1.82) is 0 Å². The predicted octanol–water partition coefficient (Wildman–Crippen LogP) is 2.37.